The Hall–Kier alpha value is -3.85. The van der Waals surface area contributed by atoms with Crippen molar-refractivity contribution in [1.82, 2.24) is 29.2 Å². The highest BCUT2D eigenvalue weighted by Crippen LogP contribution is 2.35. The average molecular weight is 444 g/mol. The van der Waals surface area contributed by atoms with E-state index < -0.39 is 0 Å². The van der Waals surface area contributed by atoms with Crippen molar-refractivity contribution >= 4 is 38.7 Å². The van der Waals surface area contributed by atoms with Gasteiger partial charge in [-0.3, -0.25) is 9.48 Å². The summed E-state index contributed by atoms with van der Waals surface area (Å²) in [4.78, 5) is 24.2. The molecule has 1 aliphatic rings. The SMILES string of the molecule is COc1ccc2c(c1)c(-c1cc3c(ncc4c[nH]n(C)c43)n1)cn2CC(=O)N1CCOCC1. The molecule has 5 aromatic rings. The van der Waals surface area contributed by atoms with Crippen LogP contribution in [0.15, 0.2) is 42.9 Å². The maximum atomic E-state index is 13.0. The molecule has 0 unspecified atom stereocenters. The molecule has 1 fully saturated rings. The molecule has 1 aromatic carbocycles. The molecular formula is C24H24N6O3. The summed E-state index contributed by atoms with van der Waals surface area (Å²) in [7, 11) is 3.63. The van der Waals surface area contributed by atoms with Crippen molar-refractivity contribution in [2.75, 3.05) is 33.4 Å². The second kappa shape index (κ2) is 7.63. The van der Waals surface area contributed by atoms with E-state index in [0.717, 1.165) is 44.2 Å². The molecule has 0 bridgehead atoms. The number of amides is 1. The number of nitrogens with zero attached hydrogens (tertiary/aromatic N) is 5. The molecule has 9 heteroatoms. The minimum Gasteiger partial charge on any atom is -0.497 e. The number of morpholine rings is 1. The molecule has 0 radical (unpaired) electrons. The first kappa shape index (κ1) is 19.8. The van der Waals surface area contributed by atoms with E-state index in [4.69, 9.17) is 14.5 Å². The van der Waals surface area contributed by atoms with Crippen LogP contribution in [-0.4, -0.2) is 68.5 Å². The van der Waals surface area contributed by atoms with Gasteiger partial charge in [-0.2, -0.15) is 0 Å². The minimum absolute atomic E-state index is 0.0842. The van der Waals surface area contributed by atoms with E-state index in [1.165, 1.54) is 0 Å². The highest BCUT2D eigenvalue weighted by Gasteiger charge is 2.21. The number of aromatic nitrogens is 5. The van der Waals surface area contributed by atoms with E-state index in [1.54, 1.807) is 7.11 Å². The Balaban J connectivity index is 1.48. The van der Waals surface area contributed by atoms with E-state index in [9.17, 15) is 4.79 Å². The number of methoxy groups -OCH3 is 1. The van der Waals surface area contributed by atoms with Gasteiger partial charge in [-0.25, -0.2) is 9.97 Å². The van der Waals surface area contributed by atoms with E-state index >= 15 is 0 Å². The van der Waals surface area contributed by atoms with Gasteiger partial charge in [-0.05, 0) is 24.3 Å². The molecule has 1 N–H and O–H groups in total. The zero-order chi connectivity index (χ0) is 22.5. The molecule has 1 aliphatic heterocycles. The number of hydrogen-bond acceptors (Lipinski definition) is 5. The number of fused-ring (bicyclic) bond motifs is 4. The summed E-state index contributed by atoms with van der Waals surface area (Å²) >= 11 is 0. The first-order valence-corrected chi connectivity index (χ1v) is 10.9. The van der Waals surface area contributed by atoms with Crippen molar-refractivity contribution in [2.24, 2.45) is 7.05 Å². The van der Waals surface area contributed by atoms with Gasteiger partial charge in [0.2, 0.25) is 5.91 Å². The number of H-pyrrole nitrogens is 1. The van der Waals surface area contributed by atoms with Gasteiger partial charge >= 0.3 is 0 Å². The van der Waals surface area contributed by atoms with Crippen LogP contribution in [0.1, 0.15) is 0 Å². The molecule has 4 aromatic heterocycles. The third kappa shape index (κ3) is 3.23. The monoisotopic (exact) mass is 444 g/mol. The predicted octanol–water partition coefficient (Wildman–Crippen LogP) is 2.94. The van der Waals surface area contributed by atoms with Crippen LogP contribution in [0.5, 0.6) is 5.75 Å². The molecule has 0 aliphatic carbocycles. The Morgan fingerprint density at radius 2 is 2.06 bits per heavy atom. The number of pyridine rings is 1. The van der Waals surface area contributed by atoms with Crippen molar-refractivity contribution in [3.8, 4) is 17.0 Å². The Morgan fingerprint density at radius 1 is 1.21 bits per heavy atom. The maximum Gasteiger partial charge on any atom is 0.242 e. The van der Waals surface area contributed by atoms with Crippen LogP contribution in [0.2, 0.25) is 0 Å². The van der Waals surface area contributed by atoms with Gasteiger partial charge in [0.15, 0.2) is 5.65 Å². The number of benzene rings is 1. The number of carbonyl (C=O) groups is 1. The average Bonchev–Trinajstić information content (AvgIpc) is 3.54. The van der Waals surface area contributed by atoms with Gasteiger partial charge in [0.25, 0.3) is 0 Å². The summed E-state index contributed by atoms with van der Waals surface area (Å²) in [6.07, 6.45) is 5.78. The highest BCUT2D eigenvalue weighted by molar-refractivity contribution is 6.06. The summed E-state index contributed by atoms with van der Waals surface area (Å²) in [6.45, 7) is 2.69. The lowest BCUT2D eigenvalue weighted by Crippen LogP contribution is -2.42. The van der Waals surface area contributed by atoms with Crippen LogP contribution in [-0.2, 0) is 23.1 Å². The largest absolute Gasteiger partial charge is 0.497 e. The number of carbonyl (C=O) groups excluding carboxylic acids is 1. The second-order valence-electron chi connectivity index (χ2n) is 8.32. The van der Waals surface area contributed by atoms with Crippen molar-refractivity contribution in [3.05, 3.63) is 42.9 Å². The van der Waals surface area contributed by atoms with E-state index in [2.05, 4.69) is 16.1 Å². The van der Waals surface area contributed by atoms with Gasteiger partial charge < -0.3 is 24.0 Å². The van der Waals surface area contributed by atoms with Gasteiger partial charge in [0, 0.05) is 66.0 Å². The minimum atomic E-state index is 0.0842. The maximum absolute atomic E-state index is 13.0. The molecule has 1 amide bonds. The molecule has 6 rings (SSSR count). The van der Waals surface area contributed by atoms with Crippen LogP contribution in [0.25, 0.3) is 44.1 Å². The van der Waals surface area contributed by atoms with E-state index in [0.29, 0.717) is 32.0 Å². The molecule has 0 atom stereocenters. The Kier molecular flexibility index (Phi) is 4.58. The van der Waals surface area contributed by atoms with Crippen LogP contribution in [0.4, 0.5) is 0 Å². The fourth-order valence-electron chi connectivity index (χ4n) is 4.67. The normalized spacial score (nSPS) is 14.5. The fraction of sp³-hybridized carbons (Fsp3) is 0.292. The summed E-state index contributed by atoms with van der Waals surface area (Å²) in [5.74, 6) is 0.843. The summed E-state index contributed by atoms with van der Waals surface area (Å²) in [6, 6.07) is 7.98. The molecule has 0 spiro atoms. The smallest absolute Gasteiger partial charge is 0.242 e. The first-order valence-electron chi connectivity index (χ1n) is 10.9. The first-order chi connectivity index (χ1) is 16.1. The summed E-state index contributed by atoms with van der Waals surface area (Å²) in [5, 5.41) is 6.20. The van der Waals surface area contributed by atoms with Crippen molar-refractivity contribution in [2.45, 2.75) is 6.54 Å². The lowest BCUT2D eigenvalue weighted by molar-refractivity contribution is -0.135. The Labute approximate surface area is 189 Å². The quantitative estimate of drug-likeness (QED) is 0.460. The van der Waals surface area contributed by atoms with E-state index in [1.807, 2.05) is 58.0 Å². The van der Waals surface area contributed by atoms with Crippen LogP contribution >= 0.6 is 0 Å². The number of aryl methyl sites for hydroxylation is 1. The van der Waals surface area contributed by atoms with Crippen LogP contribution < -0.4 is 4.74 Å². The molecule has 5 heterocycles. The lowest BCUT2D eigenvalue weighted by Gasteiger charge is -2.27. The fourth-order valence-corrected chi connectivity index (χ4v) is 4.67. The Bertz CT molecular complexity index is 1510. The van der Waals surface area contributed by atoms with Gasteiger partial charge in [-0.1, -0.05) is 0 Å². The number of ether oxygens (including phenoxy) is 2. The van der Waals surface area contributed by atoms with E-state index in [-0.39, 0.29) is 12.5 Å². The lowest BCUT2D eigenvalue weighted by atomic mass is 10.1. The summed E-state index contributed by atoms with van der Waals surface area (Å²) < 4.78 is 14.8. The number of nitrogens with one attached hydrogen (secondary N) is 1. The molecular weight excluding hydrogens is 420 g/mol. The van der Waals surface area contributed by atoms with Crippen molar-refractivity contribution < 1.29 is 14.3 Å². The third-order valence-corrected chi connectivity index (χ3v) is 6.39. The highest BCUT2D eigenvalue weighted by atomic mass is 16.5. The van der Waals surface area contributed by atoms with Crippen molar-refractivity contribution in [3.63, 3.8) is 0 Å². The zero-order valence-corrected chi connectivity index (χ0v) is 18.5. The molecule has 168 valence electrons. The third-order valence-electron chi connectivity index (χ3n) is 6.39. The van der Waals surface area contributed by atoms with Gasteiger partial charge in [0.1, 0.15) is 12.3 Å². The topological polar surface area (TPSA) is 90.2 Å². The number of rotatable bonds is 4. The van der Waals surface area contributed by atoms with Gasteiger partial charge in [-0.15, -0.1) is 0 Å². The standard InChI is InChI=1S/C24H24N6O3/c1-28-23-15(12-26-28)11-25-24-18(23)10-20(27-24)19-13-30(14-22(31)29-5-7-33-8-6-29)21-4-3-16(32-2)9-17(19)21/h3-4,9-13,26H,5-8,14H2,1-2H3. The van der Waals surface area contributed by atoms with Crippen molar-refractivity contribution in [1.29, 1.82) is 0 Å². The van der Waals surface area contributed by atoms with Crippen LogP contribution in [0, 0.1) is 0 Å². The second-order valence-corrected chi connectivity index (χ2v) is 8.32. The predicted molar refractivity (Wildman–Crippen MR) is 125 cm³/mol. The summed E-state index contributed by atoms with van der Waals surface area (Å²) in [5.41, 5.74) is 4.48. The molecule has 9 nitrogen and oxygen atoms in total. The van der Waals surface area contributed by atoms with Crippen LogP contribution in [0.3, 0.4) is 0 Å². The Morgan fingerprint density at radius 3 is 2.88 bits per heavy atom. The number of hydrogen-bond donors (Lipinski definition) is 1. The zero-order valence-electron chi connectivity index (χ0n) is 18.5. The molecule has 1 saturated heterocycles. The molecule has 33 heavy (non-hydrogen) atoms. The van der Waals surface area contributed by atoms with Gasteiger partial charge in [0.05, 0.1) is 31.5 Å². The number of aromatic amines is 1. The molecule has 0 saturated carbocycles.